The molecule has 2 aliphatic carbocycles. The molecule has 1 amide bonds. The van der Waals surface area contributed by atoms with Gasteiger partial charge in [-0.25, -0.2) is 14.3 Å². The number of ether oxygens (including phenoxy) is 1. The van der Waals surface area contributed by atoms with Gasteiger partial charge in [-0.3, -0.25) is 5.10 Å². The normalized spacial score (nSPS) is 21.5. The molecule has 10 nitrogen and oxygen atoms in total. The molecule has 10 heteroatoms. The number of anilines is 2. The fourth-order valence-corrected chi connectivity index (χ4v) is 4.04. The minimum absolute atomic E-state index is 0.0686. The highest BCUT2D eigenvalue weighted by Gasteiger charge is 2.40. The zero-order valence-electron chi connectivity index (χ0n) is 17.3. The Morgan fingerprint density at radius 2 is 2.29 bits per heavy atom. The molecule has 0 aliphatic heterocycles. The summed E-state index contributed by atoms with van der Waals surface area (Å²) in [6.07, 6.45) is 7.84. The summed E-state index contributed by atoms with van der Waals surface area (Å²) in [7, 11) is 0. The van der Waals surface area contributed by atoms with E-state index in [9.17, 15) is 4.79 Å². The third kappa shape index (κ3) is 4.17. The van der Waals surface area contributed by atoms with Crippen molar-refractivity contribution in [3.05, 3.63) is 35.9 Å². The molecular weight excluding hydrogens is 396 g/mol. The van der Waals surface area contributed by atoms with Gasteiger partial charge in [0, 0.05) is 35.6 Å². The standard InChI is InChI=1S/C21H24N8O2/c1-21(5-6-21)25-20(30)31-15-3-2-13(10-15)16-12-18(27-26-16)24-19-17-11-14(4-7-22)28-29(17)9-8-23-19/h8-9,11-13,15H,2-6,10H2,1H3,(H,25,30)(H2,23,24,26,27). The van der Waals surface area contributed by atoms with E-state index in [1.54, 1.807) is 16.9 Å². The Labute approximate surface area is 179 Å². The van der Waals surface area contributed by atoms with Crippen molar-refractivity contribution in [2.45, 2.75) is 63.0 Å². The van der Waals surface area contributed by atoms with Crippen LogP contribution < -0.4 is 10.6 Å². The van der Waals surface area contributed by atoms with Crippen LogP contribution in [0.5, 0.6) is 0 Å². The van der Waals surface area contributed by atoms with Crippen molar-refractivity contribution in [1.82, 2.24) is 30.1 Å². The number of amides is 1. The van der Waals surface area contributed by atoms with Gasteiger partial charge in [-0.05, 0) is 45.1 Å². The van der Waals surface area contributed by atoms with Crippen LogP contribution in [-0.2, 0) is 11.2 Å². The van der Waals surface area contributed by atoms with Crippen molar-refractivity contribution in [2.75, 3.05) is 5.32 Å². The minimum Gasteiger partial charge on any atom is -0.446 e. The number of aromatic nitrogens is 5. The van der Waals surface area contributed by atoms with Gasteiger partial charge in [0.1, 0.15) is 11.6 Å². The molecule has 0 radical (unpaired) electrons. The fraction of sp³-hybridized carbons (Fsp3) is 0.476. The second kappa shape index (κ2) is 7.58. The first kappa shape index (κ1) is 19.4. The molecule has 0 spiro atoms. The number of nitriles is 1. The summed E-state index contributed by atoms with van der Waals surface area (Å²) in [6, 6.07) is 5.92. The van der Waals surface area contributed by atoms with Crippen molar-refractivity contribution in [2.24, 2.45) is 0 Å². The second-order valence-electron chi connectivity index (χ2n) is 8.63. The quantitative estimate of drug-likeness (QED) is 0.558. The van der Waals surface area contributed by atoms with E-state index in [4.69, 9.17) is 10.00 Å². The van der Waals surface area contributed by atoms with Crippen LogP contribution in [0.3, 0.4) is 0 Å². The van der Waals surface area contributed by atoms with E-state index in [0.717, 1.165) is 43.3 Å². The molecule has 3 heterocycles. The SMILES string of the molecule is CC1(NC(=O)OC2CCC(c3cc(Nc4nccn5nc(CC#N)cc45)n[nH]3)C2)CC1. The Kier molecular flexibility index (Phi) is 4.73. The number of hydrogen-bond acceptors (Lipinski definition) is 7. The number of nitrogens with one attached hydrogen (secondary N) is 3. The molecule has 0 bridgehead atoms. The van der Waals surface area contributed by atoms with Crippen molar-refractivity contribution in [1.29, 1.82) is 5.26 Å². The maximum Gasteiger partial charge on any atom is 0.407 e. The molecule has 3 N–H and O–H groups in total. The predicted molar refractivity (Wildman–Crippen MR) is 112 cm³/mol. The van der Waals surface area contributed by atoms with Crippen LogP contribution in [0.2, 0.25) is 0 Å². The summed E-state index contributed by atoms with van der Waals surface area (Å²) >= 11 is 0. The Balaban J connectivity index is 1.22. The van der Waals surface area contributed by atoms with E-state index < -0.39 is 0 Å². The van der Waals surface area contributed by atoms with Gasteiger partial charge in [-0.15, -0.1) is 0 Å². The van der Waals surface area contributed by atoms with Crippen molar-refractivity contribution >= 4 is 23.2 Å². The summed E-state index contributed by atoms with van der Waals surface area (Å²) in [5.41, 5.74) is 2.41. The predicted octanol–water partition coefficient (Wildman–Crippen LogP) is 3.18. The highest BCUT2D eigenvalue weighted by molar-refractivity contribution is 5.72. The average molecular weight is 420 g/mol. The molecule has 2 unspecified atom stereocenters. The number of rotatable bonds is 6. The average Bonchev–Trinajstić information content (AvgIpc) is 3.16. The minimum atomic E-state index is -0.312. The molecule has 2 saturated carbocycles. The first-order chi connectivity index (χ1) is 15.0. The lowest BCUT2D eigenvalue weighted by molar-refractivity contribution is 0.0967. The lowest BCUT2D eigenvalue weighted by Gasteiger charge is -2.16. The van der Waals surface area contributed by atoms with E-state index in [0.29, 0.717) is 17.3 Å². The molecule has 3 aromatic heterocycles. The smallest absolute Gasteiger partial charge is 0.407 e. The van der Waals surface area contributed by atoms with Crippen LogP contribution >= 0.6 is 0 Å². The first-order valence-corrected chi connectivity index (χ1v) is 10.5. The van der Waals surface area contributed by atoms with Gasteiger partial charge in [0.05, 0.1) is 18.2 Å². The van der Waals surface area contributed by atoms with Crippen LogP contribution in [0.4, 0.5) is 16.4 Å². The molecule has 0 saturated heterocycles. The van der Waals surface area contributed by atoms with E-state index in [-0.39, 0.29) is 30.1 Å². The molecule has 5 rings (SSSR count). The number of carbonyl (C=O) groups excluding carboxylic acids is 1. The Bertz CT molecular complexity index is 1160. The van der Waals surface area contributed by atoms with Gasteiger partial charge in [-0.2, -0.15) is 15.5 Å². The number of alkyl carbamates (subject to hydrolysis) is 1. The van der Waals surface area contributed by atoms with Crippen LogP contribution in [0.15, 0.2) is 24.5 Å². The molecule has 2 fully saturated rings. The molecular formula is C21H24N8O2. The summed E-state index contributed by atoms with van der Waals surface area (Å²) < 4.78 is 7.31. The van der Waals surface area contributed by atoms with E-state index >= 15 is 0 Å². The topological polar surface area (TPSA) is 133 Å². The lowest BCUT2D eigenvalue weighted by Crippen LogP contribution is -2.36. The van der Waals surface area contributed by atoms with E-state index in [1.807, 2.05) is 19.1 Å². The summed E-state index contributed by atoms with van der Waals surface area (Å²) in [5.74, 6) is 1.54. The Morgan fingerprint density at radius 3 is 3.10 bits per heavy atom. The monoisotopic (exact) mass is 420 g/mol. The number of aromatic amines is 1. The molecule has 160 valence electrons. The number of fused-ring (bicyclic) bond motifs is 1. The maximum atomic E-state index is 12.1. The van der Waals surface area contributed by atoms with Crippen LogP contribution in [0.1, 0.15) is 56.3 Å². The van der Waals surface area contributed by atoms with Crippen molar-refractivity contribution in [3.63, 3.8) is 0 Å². The van der Waals surface area contributed by atoms with E-state index in [1.165, 1.54) is 0 Å². The van der Waals surface area contributed by atoms with Gasteiger partial charge in [-0.1, -0.05) is 0 Å². The molecule has 2 atom stereocenters. The first-order valence-electron chi connectivity index (χ1n) is 10.5. The zero-order valence-corrected chi connectivity index (χ0v) is 17.3. The Hall–Kier alpha value is -3.61. The van der Waals surface area contributed by atoms with Gasteiger partial charge in [0.2, 0.25) is 0 Å². The van der Waals surface area contributed by atoms with Gasteiger partial charge >= 0.3 is 6.09 Å². The zero-order chi connectivity index (χ0) is 21.4. The molecule has 3 aromatic rings. The summed E-state index contributed by atoms with van der Waals surface area (Å²) in [6.45, 7) is 2.04. The number of nitrogens with zero attached hydrogens (tertiary/aromatic N) is 5. The van der Waals surface area contributed by atoms with Crippen molar-refractivity contribution in [3.8, 4) is 6.07 Å². The summed E-state index contributed by atoms with van der Waals surface area (Å²) in [5, 5.41) is 26.9. The van der Waals surface area contributed by atoms with Gasteiger partial charge in [0.25, 0.3) is 0 Å². The highest BCUT2D eigenvalue weighted by atomic mass is 16.6. The molecule has 2 aliphatic rings. The van der Waals surface area contributed by atoms with Crippen molar-refractivity contribution < 1.29 is 9.53 Å². The Morgan fingerprint density at radius 1 is 1.42 bits per heavy atom. The van der Waals surface area contributed by atoms with Crippen LogP contribution in [0, 0.1) is 11.3 Å². The third-order valence-electron chi connectivity index (χ3n) is 6.05. The number of hydrogen-bond donors (Lipinski definition) is 3. The van der Waals surface area contributed by atoms with Gasteiger partial charge < -0.3 is 15.4 Å². The second-order valence-corrected chi connectivity index (χ2v) is 8.63. The largest absolute Gasteiger partial charge is 0.446 e. The van der Waals surface area contributed by atoms with E-state index in [2.05, 4.69) is 37.0 Å². The third-order valence-corrected chi connectivity index (χ3v) is 6.05. The maximum absolute atomic E-state index is 12.1. The van der Waals surface area contributed by atoms with Crippen LogP contribution in [0.25, 0.3) is 5.52 Å². The molecule has 0 aromatic carbocycles. The van der Waals surface area contributed by atoms with Crippen LogP contribution in [-0.4, -0.2) is 42.5 Å². The molecule has 31 heavy (non-hydrogen) atoms. The fourth-order valence-electron chi connectivity index (χ4n) is 4.04. The van der Waals surface area contributed by atoms with Gasteiger partial charge in [0.15, 0.2) is 11.6 Å². The number of H-pyrrole nitrogens is 1. The number of carbonyl (C=O) groups is 1. The summed E-state index contributed by atoms with van der Waals surface area (Å²) in [4.78, 5) is 16.4. The highest BCUT2D eigenvalue weighted by Crippen LogP contribution is 2.37. The lowest BCUT2D eigenvalue weighted by atomic mass is 10.0.